The summed E-state index contributed by atoms with van der Waals surface area (Å²) in [7, 11) is 0. The van der Waals surface area contributed by atoms with Crippen molar-refractivity contribution < 1.29 is 0 Å². The Morgan fingerprint density at radius 3 is 2.50 bits per heavy atom. The van der Waals surface area contributed by atoms with E-state index >= 15 is 0 Å². The summed E-state index contributed by atoms with van der Waals surface area (Å²) in [6, 6.07) is 7.60. The molecule has 0 unspecified atom stereocenters. The fourth-order valence-electron chi connectivity index (χ4n) is 0.685. The van der Waals surface area contributed by atoms with Crippen LogP contribution in [0.15, 0.2) is 29.2 Å². The molecule has 0 aromatic heterocycles. The van der Waals surface area contributed by atoms with Gasteiger partial charge in [-0.1, -0.05) is 23.8 Å². The molecule has 1 aromatic carbocycles. The Labute approximate surface area is 86.3 Å². The van der Waals surface area contributed by atoms with Crippen LogP contribution in [-0.4, -0.2) is 10.7 Å². The Hall–Kier alpha value is -0.250. The normalized spacial score (nSPS) is 9.75. The predicted octanol–water partition coefficient (Wildman–Crippen LogP) is 2.72. The number of thioether (sulfide) groups is 1. The summed E-state index contributed by atoms with van der Waals surface area (Å²) in [5.74, 6) is 0.678. The van der Waals surface area contributed by atoms with E-state index in [9.17, 15) is 0 Å². The minimum absolute atomic E-state index is 0.523. The Balaban J connectivity index is 2.53. The number of hydrogen-bond acceptors (Lipinski definition) is 2. The van der Waals surface area contributed by atoms with Crippen LogP contribution in [0.25, 0.3) is 0 Å². The van der Waals surface area contributed by atoms with Gasteiger partial charge in [-0.05, 0) is 24.3 Å². The molecular weight excluding hydrogens is 210 g/mol. The maximum absolute atomic E-state index is 5.71. The Morgan fingerprint density at radius 2 is 2.00 bits per heavy atom. The average molecular weight is 218 g/mol. The van der Waals surface area contributed by atoms with Crippen molar-refractivity contribution in [3.63, 3.8) is 0 Å². The summed E-state index contributed by atoms with van der Waals surface area (Å²) in [4.78, 5) is 1.65. The SMILES string of the molecule is NC(=S)CSc1ccc(Cl)cc1. The molecule has 64 valence electrons. The summed E-state index contributed by atoms with van der Waals surface area (Å²) in [6.45, 7) is 0. The van der Waals surface area contributed by atoms with Crippen molar-refractivity contribution in [1.29, 1.82) is 0 Å². The predicted molar refractivity (Wildman–Crippen MR) is 59.0 cm³/mol. The summed E-state index contributed by atoms with van der Waals surface area (Å²) in [5, 5.41) is 0.745. The highest BCUT2D eigenvalue weighted by Gasteiger charge is 1.94. The van der Waals surface area contributed by atoms with E-state index in [1.807, 2.05) is 24.3 Å². The van der Waals surface area contributed by atoms with Gasteiger partial charge in [-0.3, -0.25) is 0 Å². The van der Waals surface area contributed by atoms with Gasteiger partial charge < -0.3 is 5.73 Å². The van der Waals surface area contributed by atoms with Crippen LogP contribution in [0.5, 0.6) is 0 Å². The summed E-state index contributed by atoms with van der Waals surface area (Å²) >= 11 is 12.1. The summed E-state index contributed by atoms with van der Waals surface area (Å²) in [5.41, 5.74) is 5.35. The van der Waals surface area contributed by atoms with E-state index in [1.54, 1.807) is 11.8 Å². The molecule has 1 rings (SSSR count). The first-order valence-corrected chi connectivity index (χ1v) is 5.12. The van der Waals surface area contributed by atoms with Crippen LogP contribution in [0.3, 0.4) is 0 Å². The zero-order valence-corrected chi connectivity index (χ0v) is 8.68. The van der Waals surface area contributed by atoms with Gasteiger partial charge in [0.1, 0.15) is 0 Å². The van der Waals surface area contributed by atoms with E-state index in [4.69, 9.17) is 29.6 Å². The topological polar surface area (TPSA) is 26.0 Å². The lowest BCUT2D eigenvalue weighted by Crippen LogP contribution is -2.09. The Kier molecular flexibility index (Phi) is 3.85. The minimum atomic E-state index is 0.523. The molecule has 0 fully saturated rings. The number of halogens is 1. The second-order valence-corrected chi connectivity index (χ2v) is 4.22. The third-order valence-corrected chi connectivity index (χ3v) is 2.83. The molecule has 0 spiro atoms. The van der Waals surface area contributed by atoms with Crippen molar-refractivity contribution >= 4 is 40.6 Å². The smallest absolute Gasteiger partial charge is 0.0831 e. The first-order valence-electron chi connectivity index (χ1n) is 3.35. The lowest BCUT2D eigenvalue weighted by atomic mass is 10.4. The fourth-order valence-corrected chi connectivity index (χ4v) is 1.63. The highest BCUT2D eigenvalue weighted by Crippen LogP contribution is 2.19. The molecule has 12 heavy (non-hydrogen) atoms. The van der Waals surface area contributed by atoms with Gasteiger partial charge in [0.25, 0.3) is 0 Å². The van der Waals surface area contributed by atoms with Crippen molar-refractivity contribution in [1.82, 2.24) is 0 Å². The summed E-state index contributed by atoms with van der Waals surface area (Å²) in [6.07, 6.45) is 0. The van der Waals surface area contributed by atoms with Crippen molar-refractivity contribution in [3.8, 4) is 0 Å². The van der Waals surface area contributed by atoms with Gasteiger partial charge in [0, 0.05) is 15.7 Å². The van der Waals surface area contributed by atoms with E-state index in [0.717, 1.165) is 9.92 Å². The van der Waals surface area contributed by atoms with Crippen molar-refractivity contribution in [2.45, 2.75) is 4.90 Å². The number of hydrogen-bond donors (Lipinski definition) is 1. The third-order valence-electron chi connectivity index (χ3n) is 1.19. The first-order chi connectivity index (χ1) is 5.68. The first kappa shape index (κ1) is 9.84. The van der Waals surface area contributed by atoms with Gasteiger partial charge in [0.15, 0.2) is 0 Å². The molecule has 4 heteroatoms. The van der Waals surface area contributed by atoms with Crippen LogP contribution in [0.4, 0.5) is 0 Å². The molecule has 0 radical (unpaired) electrons. The molecule has 0 atom stereocenters. The van der Waals surface area contributed by atoms with Gasteiger partial charge >= 0.3 is 0 Å². The zero-order chi connectivity index (χ0) is 8.97. The lowest BCUT2D eigenvalue weighted by Gasteiger charge is -1.99. The Morgan fingerprint density at radius 1 is 1.42 bits per heavy atom. The quantitative estimate of drug-likeness (QED) is 0.623. The number of benzene rings is 1. The molecule has 0 aliphatic rings. The maximum atomic E-state index is 5.71. The van der Waals surface area contributed by atoms with Crippen molar-refractivity contribution in [3.05, 3.63) is 29.3 Å². The minimum Gasteiger partial charge on any atom is -0.393 e. The molecule has 0 amide bonds. The van der Waals surface area contributed by atoms with Crippen LogP contribution < -0.4 is 5.73 Å². The van der Waals surface area contributed by atoms with Gasteiger partial charge in [-0.15, -0.1) is 11.8 Å². The second kappa shape index (κ2) is 4.70. The number of nitrogens with two attached hydrogens (primary N) is 1. The van der Waals surface area contributed by atoms with E-state index < -0.39 is 0 Å². The molecule has 0 heterocycles. The lowest BCUT2D eigenvalue weighted by molar-refractivity contribution is 1.46. The standard InChI is InChI=1S/C8H8ClNS2/c9-6-1-3-7(4-2-6)12-5-8(10)11/h1-4H,5H2,(H2,10,11). The monoisotopic (exact) mass is 217 g/mol. The zero-order valence-electron chi connectivity index (χ0n) is 6.29. The highest BCUT2D eigenvalue weighted by atomic mass is 35.5. The third kappa shape index (κ3) is 3.43. The van der Waals surface area contributed by atoms with Gasteiger partial charge in [0.2, 0.25) is 0 Å². The second-order valence-electron chi connectivity index (χ2n) is 2.21. The number of thiocarbonyl (C=S) groups is 1. The van der Waals surface area contributed by atoms with E-state index in [-0.39, 0.29) is 0 Å². The van der Waals surface area contributed by atoms with E-state index in [1.165, 1.54) is 0 Å². The molecule has 0 aliphatic heterocycles. The van der Waals surface area contributed by atoms with Crippen LogP contribution >= 0.6 is 35.6 Å². The largest absolute Gasteiger partial charge is 0.393 e. The molecule has 2 N–H and O–H groups in total. The van der Waals surface area contributed by atoms with Gasteiger partial charge in [-0.2, -0.15) is 0 Å². The molecule has 1 nitrogen and oxygen atoms in total. The van der Waals surface area contributed by atoms with Gasteiger partial charge in [0.05, 0.1) is 4.99 Å². The molecular formula is C8H8ClNS2. The molecule has 0 saturated heterocycles. The van der Waals surface area contributed by atoms with Gasteiger partial charge in [-0.25, -0.2) is 0 Å². The molecule has 0 aliphatic carbocycles. The maximum Gasteiger partial charge on any atom is 0.0831 e. The van der Waals surface area contributed by atoms with Crippen molar-refractivity contribution in [2.24, 2.45) is 5.73 Å². The summed E-state index contributed by atoms with van der Waals surface area (Å²) < 4.78 is 0. The van der Waals surface area contributed by atoms with Crippen LogP contribution in [0.1, 0.15) is 0 Å². The Bertz CT molecular complexity index is 271. The molecule has 0 saturated carbocycles. The molecule has 1 aromatic rings. The average Bonchev–Trinajstić information content (AvgIpc) is 2.03. The van der Waals surface area contributed by atoms with E-state index in [2.05, 4.69) is 0 Å². The van der Waals surface area contributed by atoms with Crippen LogP contribution in [0.2, 0.25) is 5.02 Å². The van der Waals surface area contributed by atoms with Crippen LogP contribution in [0, 0.1) is 0 Å². The molecule has 0 bridgehead atoms. The fraction of sp³-hybridized carbons (Fsp3) is 0.125. The van der Waals surface area contributed by atoms with E-state index in [0.29, 0.717) is 10.7 Å². The number of rotatable bonds is 3. The van der Waals surface area contributed by atoms with Crippen LogP contribution in [-0.2, 0) is 0 Å². The van der Waals surface area contributed by atoms with Crippen molar-refractivity contribution in [2.75, 3.05) is 5.75 Å². The highest BCUT2D eigenvalue weighted by molar-refractivity contribution is 8.01.